The van der Waals surface area contributed by atoms with Crippen molar-refractivity contribution in [2.75, 3.05) is 27.9 Å². The van der Waals surface area contributed by atoms with Crippen LogP contribution in [0.25, 0.3) is 0 Å². The molecule has 5 rings (SSSR count). The number of nitrogens with one attached hydrogen (secondary N) is 1. The molecule has 220 valence electrons. The summed E-state index contributed by atoms with van der Waals surface area (Å²) in [4.78, 5) is 26.9. The van der Waals surface area contributed by atoms with E-state index in [9.17, 15) is 14.7 Å². The normalized spacial score (nSPS) is 20.4. The maximum absolute atomic E-state index is 12.7. The number of methoxy groups -OCH3 is 3. The standard InChI is InChI=1S/C31H31IN2O8/c1-38-22-13-9-20(10-14-22)31(19-7-5-4-6-8-19,21-11-15-23(39-2)16-12-21)41-18-25-26(35)27(40-3)29(42-25)34-17-24(32)28(36)33-30(34)37/h4-17,25-27,29,35H,18H2,1-3H3,(H,33,36,37)/t25-,26+,27-,29-/m1/s1. The molecular weight excluding hydrogens is 655 g/mol. The largest absolute Gasteiger partial charge is 0.497 e. The fraction of sp³-hybridized carbons (Fsp3) is 0.290. The Balaban J connectivity index is 1.57. The van der Waals surface area contributed by atoms with Gasteiger partial charge in [-0.1, -0.05) is 54.6 Å². The number of H-pyrrole nitrogens is 1. The summed E-state index contributed by atoms with van der Waals surface area (Å²) in [6.07, 6.45) is -2.53. The van der Waals surface area contributed by atoms with E-state index in [4.69, 9.17) is 23.7 Å². The highest BCUT2D eigenvalue weighted by Gasteiger charge is 2.47. The number of hydrogen-bond donors (Lipinski definition) is 2. The molecule has 1 aliphatic heterocycles. The molecule has 42 heavy (non-hydrogen) atoms. The summed E-state index contributed by atoms with van der Waals surface area (Å²) < 4.78 is 31.0. The Hall–Kier alpha value is -3.49. The van der Waals surface area contributed by atoms with Crippen LogP contribution in [0.15, 0.2) is 94.6 Å². The van der Waals surface area contributed by atoms with Gasteiger partial charge in [-0.3, -0.25) is 14.3 Å². The Morgan fingerprint density at radius 2 is 1.43 bits per heavy atom. The molecule has 0 bridgehead atoms. The van der Waals surface area contributed by atoms with Crippen molar-refractivity contribution in [3.63, 3.8) is 0 Å². The fourth-order valence-electron chi connectivity index (χ4n) is 5.27. The van der Waals surface area contributed by atoms with Gasteiger partial charge >= 0.3 is 5.69 Å². The molecule has 1 fully saturated rings. The van der Waals surface area contributed by atoms with Gasteiger partial charge in [0.1, 0.15) is 35.4 Å². The molecule has 1 aromatic heterocycles. The second-order valence-electron chi connectivity index (χ2n) is 9.71. The Morgan fingerprint density at radius 3 is 1.95 bits per heavy atom. The summed E-state index contributed by atoms with van der Waals surface area (Å²) in [5.74, 6) is 1.38. The van der Waals surface area contributed by atoms with Crippen molar-refractivity contribution < 1.29 is 28.8 Å². The van der Waals surface area contributed by atoms with Crippen molar-refractivity contribution in [2.45, 2.75) is 30.1 Å². The minimum absolute atomic E-state index is 0.0698. The lowest BCUT2D eigenvalue weighted by molar-refractivity contribution is -0.0967. The topological polar surface area (TPSA) is 121 Å². The highest BCUT2D eigenvalue weighted by atomic mass is 127. The zero-order chi connectivity index (χ0) is 29.9. The molecule has 1 aliphatic rings. The molecule has 2 N–H and O–H groups in total. The molecule has 0 aliphatic carbocycles. The summed E-state index contributed by atoms with van der Waals surface area (Å²) in [5, 5.41) is 11.3. The molecule has 4 atom stereocenters. The van der Waals surface area contributed by atoms with Crippen LogP contribution >= 0.6 is 22.6 Å². The quantitative estimate of drug-likeness (QED) is 0.193. The van der Waals surface area contributed by atoms with E-state index in [0.717, 1.165) is 16.7 Å². The van der Waals surface area contributed by atoms with Crippen LogP contribution in [0, 0.1) is 3.57 Å². The Kier molecular flexibility index (Phi) is 9.13. The maximum atomic E-state index is 12.7. The lowest BCUT2D eigenvalue weighted by Gasteiger charge is -2.37. The van der Waals surface area contributed by atoms with Crippen molar-refractivity contribution >= 4 is 22.6 Å². The van der Waals surface area contributed by atoms with E-state index < -0.39 is 41.4 Å². The van der Waals surface area contributed by atoms with Gasteiger partial charge in [-0.15, -0.1) is 0 Å². The van der Waals surface area contributed by atoms with Gasteiger partial charge in [-0.05, 0) is 63.5 Å². The van der Waals surface area contributed by atoms with Crippen LogP contribution in [0.2, 0.25) is 0 Å². The van der Waals surface area contributed by atoms with Gasteiger partial charge in [-0.25, -0.2) is 4.79 Å². The molecule has 0 unspecified atom stereocenters. The minimum atomic E-state index is -1.14. The van der Waals surface area contributed by atoms with Crippen molar-refractivity contribution in [1.82, 2.24) is 9.55 Å². The van der Waals surface area contributed by atoms with E-state index in [0.29, 0.717) is 15.1 Å². The number of benzene rings is 3. The lowest BCUT2D eigenvalue weighted by Crippen LogP contribution is -2.40. The molecular formula is C31H31IN2O8. The van der Waals surface area contributed by atoms with Crippen LogP contribution in [0.5, 0.6) is 11.5 Å². The van der Waals surface area contributed by atoms with Crippen LogP contribution in [0.1, 0.15) is 22.9 Å². The Morgan fingerprint density at radius 1 is 0.881 bits per heavy atom. The summed E-state index contributed by atoms with van der Waals surface area (Å²) >= 11 is 1.83. The number of rotatable bonds is 10. The van der Waals surface area contributed by atoms with Gasteiger partial charge in [0.15, 0.2) is 6.23 Å². The van der Waals surface area contributed by atoms with Gasteiger partial charge in [0.05, 0.1) is 24.4 Å². The van der Waals surface area contributed by atoms with Crippen LogP contribution in [0.4, 0.5) is 0 Å². The van der Waals surface area contributed by atoms with Crippen LogP contribution in [-0.2, 0) is 19.8 Å². The van der Waals surface area contributed by atoms with Gasteiger partial charge in [0, 0.05) is 13.3 Å². The van der Waals surface area contributed by atoms with Crippen molar-refractivity contribution in [1.29, 1.82) is 0 Å². The number of aliphatic hydroxyl groups is 1. The Bertz CT molecular complexity index is 1560. The van der Waals surface area contributed by atoms with E-state index in [1.165, 1.54) is 17.9 Å². The van der Waals surface area contributed by atoms with Crippen molar-refractivity contribution in [3.8, 4) is 11.5 Å². The predicted molar refractivity (Wildman–Crippen MR) is 163 cm³/mol. The summed E-state index contributed by atoms with van der Waals surface area (Å²) in [5.41, 5.74) is 0.177. The molecule has 0 saturated carbocycles. The lowest BCUT2D eigenvalue weighted by atomic mass is 9.80. The molecule has 0 amide bonds. The van der Waals surface area contributed by atoms with Crippen LogP contribution in [-0.4, -0.2) is 60.9 Å². The van der Waals surface area contributed by atoms with Crippen LogP contribution in [0.3, 0.4) is 0 Å². The van der Waals surface area contributed by atoms with Gasteiger partial charge < -0.3 is 28.8 Å². The number of nitrogens with zero attached hydrogens (tertiary/aromatic N) is 1. The van der Waals surface area contributed by atoms with E-state index in [-0.39, 0.29) is 6.61 Å². The van der Waals surface area contributed by atoms with Gasteiger partial charge in [0.2, 0.25) is 0 Å². The number of aliphatic hydroxyl groups excluding tert-OH is 1. The number of hydrogen-bond acceptors (Lipinski definition) is 8. The number of ether oxygens (including phenoxy) is 5. The molecule has 1 saturated heterocycles. The molecule has 4 aromatic rings. The predicted octanol–water partition coefficient (Wildman–Crippen LogP) is 3.44. The highest BCUT2D eigenvalue weighted by Crippen LogP contribution is 2.43. The van der Waals surface area contributed by atoms with E-state index >= 15 is 0 Å². The number of halogens is 1. The smallest absolute Gasteiger partial charge is 0.330 e. The van der Waals surface area contributed by atoms with Crippen LogP contribution < -0.4 is 20.7 Å². The average molecular weight is 686 g/mol. The van der Waals surface area contributed by atoms with E-state index in [2.05, 4.69) is 4.98 Å². The SMILES string of the molecule is COc1ccc(C(OC[C@H]2O[C@@H](n3cc(I)c(=O)[nH]c3=O)[C@H](OC)[C@H]2O)(c2ccccc2)c2ccc(OC)cc2)cc1. The summed E-state index contributed by atoms with van der Waals surface area (Å²) in [7, 11) is 4.64. The van der Waals surface area contributed by atoms with E-state index in [1.807, 2.05) is 101 Å². The van der Waals surface area contributed by atoms with Crippen molar-refractivity contribution in [2.24, 2.45) is 0 Å². The zero-order valence-corrected chi connectivity index (χ0v) is 25.4. The first kappa shape index (κ1) is 30.0. The third-order valence-corrected chi connectivity index (χ3v) is 8.19. The molecule has 10 nitrogen and oxygen atoms in total. The fourth-order valence-corrected chi connectivity index (χ4v) is 5.70. The number of aromatic nitrogens is 2. The third kappa shape index (κ3) is 5.62. The number of aromatic amines is 1. The maximum Gasteiger partial charge on any atom is 0.330 e. The summed E-state index contributed by atoms with van der Waals surface area (Å²) in [6.45, 7) is -0.0698. The summed E-state index contributed by atoms with van der Waals surface area (Å²) in [6, 6.07) is 24.9. The third-order valence-electron chi connectivity index (χ3n) is 7.42. The molecule has 0 spiro atoms. The zero-order valence-electron chi connectivity index (χ0n) is 23.2. The first-order valence-electron chi connectivity index (χ1n) is 13.2. The molecule has 3 aromatic carbocycles. The highest BCUT2D eigenvalue weighted by molar-refractivity contribution is 14.1. The second kappa shape index (κ2) is 12.8. The van der Waals surface area contributed by atoms with Gasteiger partial charge in [0.25, 0.3) is 5.56 Å². The second-order valence-corrected chi connectivity index (χ2v) is 10.9. The first-order chi connectivity index (χ1) is 20.3. The molecule has 0 radical (unpaired) electrons. The monoisotopic (exact) mass is 686 g/mol. The van der Waals surface area contributed by atoms with Crippen molar-refractivity contribution in [3.05, 3.63) is 126 Å². The molecule has 11 heteroatoms. The van der Waals surface area contributed by atoms with Gasteiger partial charge in [-0.2, -0.15) is 0 Å². The molecule has 2 heterocycles. The van der Waals surface area contributed by atoms with E-state index in [1.54, 1.807) is 14.2 Å². The Labute approximate surface area is 255 Å². The average Bonchev–Trinajstić information content (AvgIpc) is 3.34. The first-order valence-corrected chi connectivity index (χ1v) is 14.3. The minimum Gasteiger partial charge on any atom is -0.497 e.